The van der Waals surface area contributed by atoms with Crippen LogP contribution in [0.25, 0.3) is 0 Å². The number of aryl methyl sites for hydroxylation is 1. The van der Waals surface area contributed by atoms with Crippen LogP contribution in [0.3, 0.4) is 0 Å². The van der Waals surface area contributed by atoms with Gasteiger partial charge in [-0.3, -0.25) is 0 Å². The lowest BCUT2D eigenvalue weighted by molar-refractivity contribution is 0.564. The lowest BCUT2D eigenvalue weighted by Gasteiger charge is -2.20. The SMILES string of the molecule is Cc1cc(S(=O)(=O)N[C@@H](C)c2ccc(C(C)(C)C)cc2)ccc1F. The molecule has 5 heteroatoms. The summed E-state index contributed by atoms with van der Waals surface area (Å²) in [5.74, 6) is -0.417. The maximum Gasteiger partial charge on any atom is 0.241 e. The van der Waals surface area contributed by atoms with Crippen LogP contribution >= 0.6 is 0 Å². The smallest absolute Gasteiger partial charge is 0.207 e. The van der Waals surface area contributed by atoms with Gasteiger partial charge in [-0.2, -0.15) is 0 Å². The summed E-state index contributed by atoms with van der Waals surface area (Å²) in [6.07, 6.45) is 0. The second-order valence-electron chi connectivity index (χ2n) is 7.13. The zero-order valence-corrected chi connectivity index (χ0v) is 15.5. The topological polar surface area (TPSA) is 46.2 Å². The van der Waals surface area contributed by atoms with Gasteiger partial charge in [0.2, 0.25) is 10.0 Å². The highest BCUT2D eigenvalue weighted by molar-refractivity contribution is 7.89. The Hall–Kier alpha value is -1.72. The molecule has 130 valence electrons. The Morgan fingerprint density at radius 2 is 1.62 bits per heavy atom. The van der Waals surface area contributed by atoms with Crippen molar-refractivity contribution in [2.45, 2.75) is 51.0 Å². The molecule has 0 unspecified atom stereocenters. The predicted molar refractivity (Wildman–Crippen MR) is 95.0 cm³/mol. The fourth-order valence-electron chi connectivity index (χ4n) is 2.42. The molecule has 0 heterocycles. The summed E-state index contributed by atoms with van der Waals surface area (Å²) in [5, 5.41) is 0. The molecule has 1 atom stereocenters. The van der Waals surface area contributed by atoms with Crippen molar-refractivity contribution in [3.8, 4) is 0 Å². The number of hydrogen-bond acceptors (Lipinski definition) is 2. The van der Waals surface area contributed by atoms with E-state index in [9.17, 15) is 12.8 Å². The van der Waals surface area contributed by atoms with Crippen molar-refractivity contribution in [1.82, 2.24) is 4.72 Å². The highest BCUT2D eigenvalue weighted by atomic mass is 32.2. The van der Waals surface area contributed by atoms with E-state index in [-0.39, 0.29) is 16.4 Å². The molecule has 0 bridgehead atoms. The quantitative estimate of drug-likeness (QED) is 0.885. The third kappa shape index (κ3) is 4.22. The number of rotatable bonds is 4. The third-order valence-electron chi connectivity index (χ3n) is 4.05. The van der Waals surface area contributed by atoms with Crippen molar-refractivity contribution >= 4 is 10.0 Å². The van der Waals surface area contributed by atoms with Crippen LogP contribution < -0.4 is 4.72 Å². The molecular formula is C19H24FNO2S. The minimum Gasteiger partial charge on any atom is -0.207 e. The normalized spacial score (nSPS) is 13.8. The molecule has 0 amide bonds. The summed E-state index contributed by atoms with van der Waals surface area (Å²) < 4.78 is 40.9. The number of benzene rings is 2. The maximum absolute atomic E-state index is 13.3. The van der Waals surface area contributed by atoms with E-state index in [1.165, 1.54) is 23.8 Å². The van der Waals surface area contributed by atoms with Crippen LogP contribution in [0, 0.1) is 12.7 Å². The Kier molecular flexibility index (Phi) is 5.16. The van der Waals surface area contributed by atoms with E-state index in [0.29, 0.717) is 5.56 Å². The summed E-state index contributed by atoms with van der Waals surface area (Å²) in [6, 6.07) is 11.3. The minimum atomic E-state index is -3.70. The minimum absolute atomic E-state index is 0.0485. The molecule has 0 aliphatic heterocycles. The van der Waals surface area contributed by atoms with E-state index in [1.54, 1.807) is 13.8 Å². The molecule has 0 spiro atoms. The van der Waals surface area contributed by atoms with Crippen LogP contribution in [0.15, 0.2) is 47.4 Å². The van der Waals surface area contributed by atoms with Crippen LogP contribution in [-0.2, 0) is 15.4 Å². The van der Waals surface area contributed by atoms with E-state index in [1.807, 2.05) is 24.3 Å². The second-order valence-corrected chi connectivity index (χ2v) is 8.84. The van der Waals surface area contributed by atoms with Crippen molar-refractivity contribution in [3.05, 3.63) is 65.0 Å². The van der Waals surface area contributed by atoms with E-state index < -0.39 is 15.8 Å². The van der Waals surface area contributed by atoms with E-state index in [4.69, 9.17) is 0 Å². The van der Waals surface area contributed by atoms with Crippen molar-refractivity contribution in [2.24, 2.45) is 0 Å². The highest BCUT2D eigenvalue weighted by Gasteiger charge is 2.20. The van der Waals surface area contributed by atoms with Gasteiger partial charge in [0.25, 0.3) is 0 Å². The van der Waals surface area contributed by atoms with Crippen molar-refractivity contribution < 1.29 is 12.8 Å². The van der Waals surface area contributed by atoms with Gasteiger partial charge in [-0.1, -0.05) is 45.0 Å². The maximum atomic E-state index is 13.3. The van der Waals surface area contributed by atoms with Gasteiger partial charge in [-0.05, 0) is 54.2 Å². The van der Waals surface area contributed by atoms with Crippen LogP contribution in [0.2, 0.25) is 0 Å². The molecule has 1 N–H and O–H groups in total. The van der Waals surface area contributed by atoms with Crippen LogP contribution in [0.5, 0.6) is 0 Å². The molecular weight excluding hydrogens is 325 g/mol. The average molecular weight is 349 g/mol. The molecule has 0 radical (unpaired) electrons. The number of sulfonamides is 1. The van der Waals surface area contributed by atoms with Gasteiger partial charge in [-0.15, -0.1) is 0 Å². The Morgan fingerprint density at radius 3 is 2.12 bits per heavy atom. The first kappa shape index (κ1) is 18.6. The van der Waals surface area contributed by atoms with Crippen LogP contribution in [0.1, 0.15) is 50.4 Å². The van der Waals surface area contributed by atoms with Gasteiger partial charge in [0.1, 0.15) is 5.82 Å². The fraction of sp³-hybridized carbons (Fsp3) is 0.368. The zero-order valence-electron chi connectivity index (χ0n) is 14.7. The third-order valence-corrected chi connectivity index (χ3v) is 5.59. The molecule has 2 aromatic carbocycles. The predicted octanol–water partition coefficient (Wildman–Crippen LogP) is 4.47. The van der Waals surface area contributed by atoms with Gasteiger partial charge in [0.15, 0.2) is 0 Å². The monoisotopic (exact) mass is 349 g/mol. The first-order valence-corrected chi connectivity index (χ1v) is 9.38. The largest absolute Gasteiger partial charge is 0.241 e. The highest BCUT2D eigenvalue weighted by Crippen LogP contribution is 2.25. The molecule has 24 heavy (non-hydrogen) atoms. The molecule has 2 rings (SSSR count). The van der Waals surface area contributed by atoms with Gasteiger partial charge in [-0.25, -0.2) is 17.5 Å². The molecule has 3 nitrogen and oxygen atoms in total. The summed E-state index contributed by atoms with van der Waals surface area (Å²) in [6.45, 7) is 9.73. The Labute approximate surface area is 144 Å². The lowest BCUT2D eigenvalue weighted by atomic mass is 9.86. The first-order chi connectivity index (χ1) is 11.0. The van der Waals surface area contributed by atoms with Crippen LogP contribution in [-0.4, -0.2) is 8.42 Å². The van der Waals surface area contributed by atoms with Crippen molar-refractivity contribution in [3.63, 3.8) is 0 Å². The Balaban J connectivity index is 2.21. The summed E-state index contributed by atoms with van der Waals surface area (Å²) in [7, 11) is -3.70. The fourth-order valence-corrected chi connectivity index (χ4v) is 3.74. The second kappa shape index (κ2) is 6.65. The molecule has 0 saturated carbocycles. The van der Waals surface area contributed by atoms with Gasteiger partial charge in [0.05, 0.1) is 4.90 Å². The zero-order chi connectivity index (χ0) is 18.1. The summed E-state index contributed by atoms with van der Waals surface area (Å²) >= 11 is 0. The van der Waals surface area contributed by atoms with Crippen molar-refractivity contribution in [1.29, 1.82) is 0 Å². The average Bonchev–Trinajstić information content (AvgIpc) is 2.48. The number of halogens is 1. The summed E-state index contributed by atoms with van der Waals surface area (Å²) in [5.41, 5.74) is 2.42. The van der Waals surface area contributed by atoms with E-state index in [0.717, 1.165) is 5.56 Å². The van der Waals surface area contributed by atoms with Gasteiger partial charge in [0, 0.05) is 6.04 Å². The lowest BCUT2D eigenvalue weighted by Crippen LogP contribution is -2.27. The molecule has 0 aliphatic carbocycles. The molecule has 0 aliphatic rings. The van der Waals surface area contributed by atoms with Crippen LogP contribution in [0.4, 0.5) is 4.39 Å². The molecule has 2 aromatic rings. The summed E-state index contributed by atoms with van der Waals surface area (Å²) in [4.78, 5) is 0.0690. The Bertz CT molecular complexity index is 821. The van der Waals surface area contributed by atoms with E-state index >= 15 is 0 Å². The molecule has 0 fully saturated rings. The van der Waals surface area contributed by atoms with Gasteiger partial charge >= 0.3 is 0 Å². The van der Waals surface area contributed by atoms with E-state index in [2.05, 4.69) is 25.5 Å². The molecule has 0 aromatic heterocycles. The van der Waals surface area contributed by atoms with Crippen molar-refractivity contribution in [2.75, 3.05) is 0 Å². The number of hydrogen-bond donors (Lipinski definition) is 1. The molecule has 0 saturated heterocycles. The number of nitrogens with one attached hydrogen (secondary N) is 1. The first-order valence-electron chi connectivity index (χ1n) is 7.89. The Morgan fingerprint density at radius 1 is 1.04 bits per heavy atom. The standard InChI is InChI=1S/C19H24FNO2S/c1-13-12-17(10-11-18(13)20)24(22,23)21-14(2)15-6-8-16(9-7-15)19(3,4)5/h6-12,14,21H,1-5H3/t14-/m0/s1. The van der Waals surface area contributed by atoms with Gasteiger partial charge < -0.3 is 0 Å².